The number of rotatable bonds is 6. The van der Waals surface area contributed by atoms with Gasteiger partial charge in [0.05, 0.1) is 25.4 Å². The van der Waals surface area contributed by atoms with Crippen molar-refractivity contribution < 1.29 is 19.1 Å². The molecule has 2 unspecified atom stereocenters. The molecule has 0 amide bonds. The average Bonchev–Trinajstić information content (AvgIpc) is 3.43. The van der Waals surface area contributed by atoms with Crippen LogP contribution in [0.1, 0.15) is 64.2 Å². The molecule has 4 nitrogen and oxygen atoms in total. The molecule has 2 saturated heterocycles. The third kappa shape index (κ3) is 2.35. The smallest absolute Gasteiger partial charge is 0.142 e. The molecule has 0 N–H and O–H groups in total. The van der Waals surface area contributed by atoms with Crippen LogP contribution in [-0.2, 0) is 19.1 Å². The van der Waals surface area contributed by atoms with E-state index < -0.39 is 0 Å². The van der Waals surface area contributed by atoms with E-state index in [0.29, 0.717) is 24.4 Å². The number of hydrogen-bond acceptors (Lipinski definition) is 4. The highest BCUT2D eigenvalue weighted by Crippen LogP contribution is 2.61. The molecule has 0 aromatic heterocycles. The minimum Gasteiger partial charge on any atom is -0.373 e. The van der Waals surface area contributed by atoms with Crippen LogP contribution in [0.25, 0.3) is 0 Å². The second kappa shape index (κ2) is 5.41. The third-order valence-electron chi connectivity index (χ3n) is 6.53. The van der Waals surface area contributed by atoms with Gasteiger partial charge in [-0.1, -0.05) is 25.7 Å². The Kier molecular flexibility index (Phi) is 3.65. The zero-order valence-corrected chi connectivity index (χ0v) is 13.3. The molecule has 0 radical (unpaired) electrons. The van der Waals surface area contributed by atoms with E-state index in [1.807, 2.05) is 0 Å². The Hall–Kier alpha value is -0.740. The lowest BCUT2D eigenvalue weighted by atomic mass is 9.46. The summed E-state index contributed by atoms with van der Waals surface area (Å²) in [5.74, 6) is 0.638. The second-order valence-corrected chi connectivity index (χ2v) is 7.74. The van der Waals surface area contributed by atoms with Gasteiger partial charge in [0.2, 0.25) is 0 Å². The normalized spacial score (nSPS) is 43.3. The van der Waals surface area contributed by atoms with E-state index in [9.17, 15) is 9.59 Å². The molecule has 4 aliphatic rings. The van der Waals surface area contributed by atoms with Crippen LogP contribution in [-0.4, -0.2) is 37.0 Å². The zero-order chi connectivity index (χ0) is 15.2. The van der Waals surface area contributed by atoms with Gasteiger partial charge in [-0.25, -0.2) is 0 Å². The van der Waals surface area contributed by atoms with Gasteiger partial charge in [-0.2, -0.15) is 0 Å². The van der Waals surface area contributed by atoms with E-state index in [-0.39, 0.29) is 23.0 Å². The maximum absolute atomic E-state index is 13.2. The molecule has 4 rings (SSSR count). The molecular weight excluding hydrogens is 280 g/mol. The van der Waals surface area contributed by atoms with Crippen LogP contribution in [0, 0.1) is 10.8 Å². The fourth-order valence-corrected chi connectivity index (χ4v) is 5.18. The maximum atomic E-state index is 13.2. The van der Waals surface area contributed by atoms with Gasteiger partial charge in [0.1, 0.15) is 11.6 Å². The van der Waals surface area contributed by atoms with Gasteiger partial charge in [-0.05, 0) is 25.7 Å². The average molecular weight is 306 g/mol. The number of Topliss-reactive ketones (excluding diaryl/α,β-unsaturated/α-hetero) is 2. The van der Waals surface area contributed by atoms with E-state index in [4.69, 9.17) is 9.47 Å². The molecule has 0 aromatic carbocycles. The van der Waals surface area contributed by atoms with Gasteiger partial charge < -0.3 is 9.47 Å². The lowest BCUT2D eigenvalue weighted by Crippen LogP contribution is -2.56. The van der Waals surface area contributed by atoms with Crippen molar-refractivity contribution in [3.63, 3.8) is 0 Å². The van der Waals surface area contributed by atoms with Gasteiger partial charge in [-0.15, -0.1) is 0 Å². The van der Waals surface area contributed by atoms with Crippen LogP contribution in [0.5, 0.6) is 0 Å². The fraction of sp³-hybridized carbons (Fsp3) is 0.889. The molecule has 122 valence electrons. The van der Waals surface area contributed by atoms with Crippen molar-refractivity contribution in [3.05, 3.63) is 0 Å². The molecule has 2 atom stereocenters. The second-order valence-electron chi connectivity index (χ2n) is 7.74. The summed E-state index contributed by atoms with van der Waals surface area (Å²) >= 11 is 0. The van der Waals surface area contributed by atoms with E-state index >= 15 is 0 Å². The predicted molar refractivity (Wildman–Crippen MR) is 80.5 cm³/mol. The summed E-state index contributed by atoms with van der Waals surface area (Å²) in [4.78, 5) is 26.3. The highest BCUT2D eigenvalue weighted by atomic mass is 16.6. The van der Waals surface area contributed by atoms with Crippen molar-refractivity contribution >= 4 is 11.6 Å². The summed E-state index contributed by atoms with van der Waals surface area (Å²) in [6.07, 6.45) is 9.31. The minimum atomic E-state index is -0.387. The van der Waals surface area contributed by atoms with Crippen molar-refractivity contribution in [1.29, 1.82) is 0 Å². The lowest BCUT2D eigenvalue weighted by Gasteiger charge is -2.55. The third-order valence-corrected chi connectivity index (χ3v) is 6.53. The molecule has 22 heavy (non-hydrogen) atoms. The highest BCUT2D eigenvalue weighted by Gasteiger charge is 2.61. The largest absolute Gasteiger partial charge is 0.373 e. The Balaban J connectivity index is 1.65. The van der Waals surface area contributed by atoms with Crippen LogP contribution >= 0.6 is 0 Å². The zero-order valence-electron chi connectivity index (χ0n) is 13.3. The number of ketones is 2. The Morgan fingerprint density at radius 3 is 1.32 bits per heavy atom. The van der Waals surface area contributed by atoms with Crippen LogP contribution < -0.4 is 0 Å². The van der Waals surface area contributed by atoms with Gasteiger partial charge in [-0.3, -0.25) is 9.59 Å². The fourth-order valence-electron chi connectivity index (χ4n) is 5.18. The quantitative estimate of drug-likeness (QED) is 0.708. The van der Waals surface area contributed by atoms with Crippen molar-refractivity contribution in [3.8, 4) is 0 Å². The van der Waals surface area contributed by atoms with Crippen LogP contribution in [0.4, 0.5) is 0 Å². The first-order valence-corrected chi connectivity index (χ1v) is 8.96. The summed E-state index contributed by atoms with van der Waals surface area (Å²) in [7, 11) is 0. The molecule has 0 spiro atoms. The Morgan fingerprint density at radius 1 is 0.727 bits per heavy atom. The molecule has 0 aromatic rings. The van der Waals surface area contributed by atoms with Crippen LogP contribution in [0.2, 0.25) is 0 Å². The molecule has 2 aliphatic carbocycles. The molecular formula is C18H26O4. The molecule has 2 heterocycles. The summed E-state index contributed by atoms with van der Waals surface area (Å²) in [6.45, 7) is 1.44. The standard InChI is InChI=1S/C18H26O4/c19-15(9-13-11-21-13)17-5-1-2-6-18(17,8-4-3-7-17)16(20)10-14-12-22-14/h13-14H,1-12H2. The van der Waals surface area contributed by atoms with Gasteiger partial charge in [0.15, 0.2) is 0 Å². The van der Waals surface area contributed by atoms with E-state index in [2.05, 4.69) is 0 Å². The first-order chi connectivity index (χ1) is 10.7. The van der Waals surface area contributed by atoms with Crippen molar-refractivity contribution in [2.75, 3.05) is 13.2 Å². The van der Waals surface area contributed by atoms with Crippen molar-refractivity contribution in [2.24, 2.45) is 10.8 Å². The Labute approximate surface area is 131 Å². The monoisotopic (exact) mass is 306 g/mol. The number of carbonyl (C=O) groups is 2. The van der Waals surface area contributed by atoms with E-state index in [0.717, 1.165) is 64.6 Å². The molecule has 0 bridgehead atoms. The number of carbonyl (C=O) groups excluding carboxylic acids is 2. The summed E-state index contributed by atoms with van der Waals surface area (Å²) in [5.41, 5.74) is -0.775. The SMILES string of the molecule is O=C(CC1CO1)C12CCCCC1(C(=O)CC1CO1)CCCC2. The molecule has 2 aliphatic heterocycles. The first-order valence-electron chi connectivity index (χ1n) is 8.96. The topological polar surface area (TPSA) is 59.2 Å². The van der Waals surface area contributed by atoms with Gasteiger partial charge >= 0.3 is 0 Å². The van der Waals surface area contributed by atoms with Gasteiger partial charge in [0.25, 0.3) is 0 Å². The van der Waals surface area contributed by atoms with Crippen molar-refractivity contribution in [1.82, 2.24) is 0 Å². The predicted octanol–water partition coefficient (Wildman–Crippen LogP) is 2.82. The number of fused-ring (bicyclic) bond motifs is 1. The van der Waals surface area contributed by atoms with Gasteiger partial charge in [0, 0.05) is 23.7 Å². The summed E-state index contributed by atoms with van der Waals surface area (Å²) in [5, 5.41) is 0. The van der Waals surface area contributed by atoms with Crippen LogP contribution in [0.3, 0.4) is 0 Å². The Bertz CT molecular complexity index is 419. The van der Waals surface area contributed by atoms with Crippen molar-refractivity contribution in [2.45, 2.75) is 76.4 Å². The minimum absolute atomic E-state index is 0.130. The first kappa shape index (κ1) is 14.8. The number of ether oxygens (including phenoxy) is 2. The van der Waals surface area contributed by atoms with E-state index in [1.54, 1.807) is 0 Å². The maximum Gasteiger partial charge on any atom is 0.142 e. The molecule has 2 saturated carbocycles. The molecule has 4 fully saturated rings. The number of hydrogen-bond donors (Lipinski definition) is 0. The lowest BCUT2D eigenvalue weighted by molar-refractivity contribution is -0.161. The molecule has 4 heteroatoms. The number of epoxide rings is 2. The van der Waals surface area contributed by atoms with Crippen LogP contribution in [0.15, 0.2) is 0 Å². The summed E-state index contributed by atoms with van der Waals surface area (Å²) < 4.78 is 10.6. The Morgan fingerprint density at radius 2 is 1.05 bits per heavy atom. The highest BCUT2D eigenvalue weighted by molar-refractivity contribution is 5.96. The van der Waals surface area contributed by atoms with E-state index in [1.165, 1.54) is 0 Å². The summed E-state index contributed by atoms with van der Waals surface area (Å²) in [6, 6.07) is 0.